The SMILES string of the molecule is CC(C)c1nnc2n1CCN(c1ccc(C#N)nn1)C2C. The molecule has 0 saturated carbocycles. The first-order valence-electron chi connectivity index (χ1n) is 7.05. The predicted molar refractivity (Wildman–Crippen MR) is 76.6 cm³/mol. The van der Waals surface area contributed by atoms with Gasteiger partial charge in [0.05, 0.1) is 6.04 Å². The van der Waals surface area contributed by atoms with E-state index in [-0.39, 0.29) is 6.04 Å². The van der Waals surface area contributed by atoms with E-state index in [1.54, 1.807) is 6.07 Å². The maximum absolute atomic E-state index is 8.79. The molecule has 0 aliphatic carbocycles. The molecule has 1 aliphatic heterocycles. The molecule has 0 bridgehead atoms. The fraction of sp³-hybridized carbons (Fsp3) is 0.500. The summed E-state index contributed by atoms with van der Waals surface area (Å²) in [6.07, 6.45) is 0. The molecule has 0 radical (unpaired) electrons. The van der Waals surface area contributed by atoms with Crippen LogP contribution in [0.25, 0.3) is 0 Å². The minimum atomic E-state index is 0.0842. The van der Waals surface area contributed by atoms with E-state index in [2.05, 4.69) is 50.6 Å². The zero-order valence-electron chi connectivity index (χ0n) is 12.4. The van der Waals surface area contributed by atoms with E-state index in [0.717, 1.165) is 30.6 Å². The molecule has 7 nitrogen and oxygen atoms in total. The molecule has 0 fully saturated rings. The van der Waals surface area contributed by atoms with Gasteiger partial charge in [-0.15, -0.1) is 20.4 Å². The smallest absolute Gasteiger partial charge is 0.163 e. The molecule has 1 aliphatic rings. The van der Waals surface area contributed by atoms with Crippen molar-refractivity contribution < 1.29 is 0 Å². The van der Waals surface area contributed by atoms with Gasteiger partial charge in [0, 0.05) is 19.0 Å². The van der Waals surface area contributed by atoms with E-state index in [1.807, 2.05) is 12.1 Å². The first-order chi connectivity index (χ1) is 10.1. The summed E-state index contributed by atoms with van der Waals surface area (Å²) < 4.78 is 2.20. The van der Waals surface area contributed by atoms with Crippen LogP contribution in [0.15, 0.2) is 12.1 Å². The average molecular weight is 283 g/mol. The third-order valence-electron chi connectivity index (χ3n) is 3.79. The number of hydrogen-bond donors (Lipinski definition) is 0. The van der Waals surface area contributed by atoms with Crippen molar-refractivity contribution in [2.24, 2.45) is 0 Å². The summed E-state index contributed by atoms with van der Waals surface area (Å²) >= 11 is 0. The molecule has 2 aromatic rings. The quantitative estimate of drug-likeness (QED) is 0.833. The lowest BCUT2D eigenvalue weighted by molar-refractivity contribution is 0.475. The molecule has 3 rings (SSSR count). The van der Waals surface area contributed by atoms with Gasteiger partial charge in [-0.3, -0.25) is 0 Å². The van der Waals surface area contributed by atoms with Crippen LogP contribution in [0.1, 0.15) is 50.1 Å². The second-order valence-electron chi connectivity index (χ2n) is 5.48. The normalized spacial score (nSPS) is 17.7. The lowest BCUT2D eigenvalue weighted by Gasteiger charge is -2.34. The molecule has 0 N–H and O–H groups in total. The molecule has 21 heavy (non-hydrogen) atoms. The van der Waals surface area contributed by atoms with Gasteiger partial charge in [-0.1, -0.05) is 13.8 Å². The van der Waals surface area contributed by atoms with Crippen molar-refractivity contribution in [3.63, 3.8) is 0 Å². The topological polar surface area (TPSA) is 83.5 Å². The van der Waals surface area contributed by atoms with Gasteiger partial charge in [0.2, 0.25) is 0 Å². The van der Waals surface area contributed by atoms with Crippen molar-refractivity contribution in [2.75, 3.05) is 11.4 Å². The van der Waals surface area contributed by atoms with Gasteiger partial charge in [-0.25, -0.2) is 0 Å². The number of hydrogen-bond acceptors (Lipinski definition) is 6. The number of aromatic nitrogens is 5. The monoisotopic (exact) mass is 283 g/mol. The van der Waals surface area contributed by atoms with Crippen LogP contribution in [-0.2, 0) is 6.54 Å². The van der Waals surface area contributed by atoms with Crippen LogP contribution >= 0.6 is 0 Å². The van der Waals surface area contributed by atoms with Gasteiger partial charge >= 0.3 is 0 Å². The van der Waals surface area contributed by atoms with Crippen molar-refractivity contribution in [3.05, 3.63) is 29.5 Å². The Morgan fingerprint density at radius 3 is 2.62 bits per heavy atom. The summed E-state index contributed by atoms with van der Waals surface area (Å²) in [5.74, 6) is 3.11. The number of fused-ring (bicyclic) bond motifs is 1. The maximum Gasteiger partial charge on any atom is 0.163 e. The maximum atomic E-state index is 8.79. The highest BCUT2D eigenvalue weighted by Crippen LogP contribution is 2.29. The Hall–Kier alpha value is -2.49. The Kier molecular flexibility index (Phi) is 3.29. The fourth-order valence-corrected chi connectivity index (χ4v) is 2.68. The molecule has 0 amide bonds. The zero-order valence-corrected chi connectivity index (χ0v) is 12.4. The highest BCUT2D eigenvalue weighted by Gasteiger charge is 2.29. The second kappa shape index (κ2) is 5.13. The van der Waals surface area contributed by atoms with Crippen molar-refractivity contribution in [3.8, 4) is 6.07 Å². The molecule has 2 aromatic heterocycles. The third-order valence-corrected chi connectivity index (χ3v) is 3.79. The summed E-state index contributed by atoms with van der Waals surface area (Å²) in [7, 11) is 0. The first kappa shape index (κ1) is 13.5. The van der Waals surface area contributed by atoms with E-state index in [0.29, 0.717) is 11.6 Å². The van der Waals surface area contributed by atoms with E-state index in [4.69, 9.17) is 5.26 Å². The van der Waals surface area contributed by atoms with Gasteiger partial charge in [-0.2, -0.15) is 5.26 Å². The van der Waals surface area contributed by atoms with Crippen LogP contribution in [0.5, 0.6) is 0 Å². The van der Waals surface area contributed by atoms with Gasteiger partial charge in [0.1, 0.15) is 11.9 Å². The number of rotatable bonds is 2. The Labute approximate surface area is 123 Å². The molecular weight excluding hydrogens is 266 g/mol. The van der Waals surface area contributed by atoms with Gasteiger partial charge in [0.25, 0.3) is 0 Å². The van der Waals surface area contributed by atoms with E-state index in [9.17, 15) is 0 Å². The molecule has 1 atom stereocenters. The Morgan fingerprint density at radius 1 is 1.19 bits per heavy atom. The van der Waals surface area contributed by atoms with E-state index in [1.165, 1.54) is 0 Å². The largest absolute Gasteiger partial charge is 0.343 e. The zero-order chi connectivity index (χ0) is 15.0. The van der Waals surface area contributed by atoms with Gasteiger partial charge in [-0.05, 0) is 19.1 Å². The summed E-state index contributed by atoms with van der Waals surface area (Å²) in [5.41, 5.74) is 0.327. The van der Waals surface area contributed by atoms with Crippen molar-refractivity contribution >= 4 is 5.82 Å². The number of anilines is 1. The number of nitriles is 1. The molecule has 7 heteroatoms. The lowest BCUT2D eigenvalue weighted by atomic mass is 10.1. The van der Waals surface area contributed by atoms with Crippen LogP contribution in [0.4, 0.5) is 5.82 Å². The van der Waals surface area contributed by atoms with Gasteiger partial charge in [0.15, 0.2) is 17.3 Å². The van der Waals surface area contributed by atoms with Crippen molar-refractivity contribution in [1.29, 1.82) is 5.26 Å². The van der Waals surface area contributed by atoms with Crippen molar-refractivity contribution in [1.82, 2.24) is 25.0 Å². The van der Waals surface area contributed by atoms with Crippen molar-refractivity contribution in [2.45, 2.75) is 39.3 Å². The third kappa shape index (κ3) is 2.23. The highest BCUT2D eigenvalue weighted by atomic mass is 15.4. The molecule has 3 heterocycles. The Bertz CT molecular complexity index is 680. The van der Waals surface area contributed by atoms with Crippen LogP contribution in [0, 0.1) is 11.3 Å². The Balaban J connectivity index is 1.91. The summed E-state index contributed by atoms with van der Waals surface area (Å²) in [6, 6.07) is 5.58. The van der Waals surface area contributed by atoms with Gasteiger partial charge < -0.3 is 9.47 Å². The molecule has 0 saturated heterocycles. The minimum absolute atomic E-state index is 0.0842. The minimum Gasteiger partial charge on any atom is -0.343 e. The van der Waals surface area contributed by atoms with E-state index >= 15 is 0 Å². The van der Waals surface area contributed by atoms with Crippen LogP contribution in [0.3, 0.4) is 0 Å². The fourth-order valence-electron chi connectivity index (χ4n) is 2.68. The molecular formula is C14H17N7. The van der Waals surface area contributed by atoms with Crippen LogP contribution in [0.2, 0.25) is 0 Å². The standard InChI is InChI=1S/C14H17N7/c1-9(2)13-18-19-14-10(3)20(6-7-21(13)14)12-5-4-11(8-15)16-17-12/h4-5,9-10H,6-7H2,1-3H3. The molecule has 0 spiro atoms. The summed E-state index contributed by atoms with van der Waals surface area (Å²) in [5, 5.41) is 25.5. The lowest BCUT2D eigenvalue weighted by Crippen LogP contribution is -2.38. The molecule has 0 aromatic carbocycles. The molecule has 1 unspecified atom stereocenters. The average Bonchev–Trinajstić information content (AvgIpc) is 2.93. The first-order valence-corrected chi connectivity index (χ1v) is 7.05. The molecule has 108 valence electrons. The summed E-state index contributed by atoms with van der Waals surface area (Å²) in [6.45, 7) is 8.00. The van der Waals surface area contributed by atoms with Crippen LogP contribution in [-0.4, -0.2) is 31.5 Å². The Morgan fingerprint density at radius 2 is 2.00 bits per heavy atom. The predicted octanol–water partition coefficient (Wildman–Crippen LogP) is 1.64. The summed E-state index contributed by atoms with van der Waals surface area (Å²) in [4.78, 5) is 2.14. The number of nitrogens with zero attached hydrogens (tertiary/aromatic N) is 7. The van der Waals surface area contributed by atoms with E-state index < -0.39 is 0 Å². The van der Waals surface area contributed by atoms with Crippen LogP contribution < -0.4 is 4.90 Å². The second-order valence-corrected chi connectivity index (χ2v) is 5.48. The highest BCUT2D eigenvalue weighted by molar-refractivity contribution is 5.42.